The predicted octanol–water partition coefficient (Wildman–Crippen LogP) is 4.29. The molecule has 8 heteroatoms. The summed E-state index contributed by atoms with van der Waals surface area (Å²) in [5, 5.41) is 12.1. The highest BCUT2D eigenvalue weighted by Crippen LogP contribution is 2.23. The highest BCUT2D eigenvalue weighted by atomic mass is 19.1. The number of benzene rings is 2. The largest absolute Gasteiger partial charge is 0.449 e. The number of carbonyl (C=O) groups excluding carboxylic acids is 1. The van der Waals surface area contributed by atoms with Crippen LogP contribution in [0, 0.1) is 12.7 Å². The quantitative estimate of drug-likeness (QED) is 0.471. The second kappa shape index (κ2) is 7.67. The van der Waals surface area contributed by atoms with Gasteiger partial charge in [-0.1, -0.05) is 0 Å². The van der Waals surface area contributed by atoms with E-state index in [0.29, 0.717) is 11.1 Å². The smallest absolute Gasteiger partial charge is 0.338 e. The number of ether oxygens (including phenoxy) is 1. The van der Waals surface area contributed by atoms with E-state index in [2.05, 4.69) is 15.3 Å². The van der Waals surface area contributed by atoms with Crippen LogP contribution in [-0.2, 0) is 4.74 Å². The van der Waals surface area contributed by atoms with E-state index in [9.17, 15) is 9.18 Å². The predicted molar refractivity (Wildman–Crippen MR) is 102 cm³/mol. The van der Waals surface area contributed by atoms with Gasteiger partial charge in [-0.15, -0.1) is 10.2 Å². The molecule has 2 aromatic heterocycles. The molecule has 0 fully saturated rings. The van der Waals surface area contributed by atoms with Crippen LogP contribution < -0.4 is 0 Å². The van der Waals surface area contributed by atoms with E-state index in [1.807, 2.05) is 13.0 Å². The number of hydrogen-bond acceptors (Lipinski definition) is 6. The molecule has 0 saturated carbocycles. The molecule has 0 unspecified atom stereocenters. The van der Waals surface area contributed by atoms with Crippen molar-refractivity contribution in [3.63, 3.8) is 0 Å². The van der Waals surface area contributed by atoms with Gasteiger partial charge in [0.2, 0.25) is 5.89 Å². The lowest BCUT2D eigenvalue weighted by atomic mass is 10.2. The van der Waals surface area contributed by atoms with Crippen LogP contribution in [0.3, 0.4) is 0 Å². The molecule has 0 N–H and O–H groups in total. The summed E-state index contributed by atoms with van der Waals surface area (Å²) in [7, 11) is 0. The van der Waals surface area contributed by atoms with Crippen LogP contribution in [0.5, 0.6) is 0 Å². The van der Waals surface area contributed by atoms with Crippen molar-refractivity contribution >= 4 is 5.97 Å². The van der Waals surface area contributed by atoms with Crippen molar-refractivity contribution in [2.45, 2.75) is 20.0 Å². The minimum Gasteiger partial charge on any atom is -0.449 e. The van der Waals surface area contributed by atoms with Gasteiger partial charge in [0.05, 0.1) is 11.3 Å². The zero-order valence-corrected chi connectivity index (χ0v) is 15.7. The molecule has 0 bridgehead atoms. The molecule has 146 valence electrons. The van der Waals surface area contributed by atoms with Gasteiger partial charge in [-0.2, -0.15) is 5.10 Å². The maximum Gasteiger partial charge on any atom is 0.338 e. The van der Waals surface area contributed by atoms with Crippen molar-refractivity contribution in [2.24, 2.45) is 0 Å². The maximum atomic E-state index is 13.0. The van der Waals surface area contributed by atoms with Crippen LogP contribution in [0.15, 0.2) is 65.2 Å². The Hall–Kier alpha value is -3.81. The van der Waals surface area contributed by atoms with Crippen LogP contribution in [0.1, 0.15) is 35.0 Å². The van der Waals surface area contributed by atoms with E-state index >= 15 is 0 Å². The maximum absolute atomic E-state index is 13.0. The van der Waals surface area contributed by atoms with Gasteiger partial charge in [0, 0.05) is 17.5 Å². The van der Waals surface area contributed by atoms with E-state index in [0.717, 1.165) is 11.4 Å². The first-order chi connectivity index (χ1) is 14.0. The number of esters is 1. The van der Waals surface area contributed by atoms with Crippen LogP contribution in [0.25, 0.3) is 17.1 Å². The van der Waals surface area contributed by atoms with Gasteiger partial charge in [0.1, 0.15) is 5.82 Å². The summed E-state index contributed by atoms with van der Waals surface area (Å²) in [5.41, 5.74) is 2.80. The minimum absolute atomic E-state index is 0.154. The first-order valence-corrected chi connectivity index (χ1v) is 8.92. The third-order valence-electron chi connectivity index (χ3n) is 4.34. The highest BCUT2D eigenvalue weighted by molar-refractivity contribution is 5.89. The molecule has 0 saturated heterocycles. The van der Waals surface area contributed by atoms with E-state index in [-0.39, 0.29) is 17.6 Å². The minimum atomic E-state index is -0.739. The Morgan fingerprint density at radius 2 is 1.79 bits per heavy atom. The highest BCUT2D eigenvalue weighted by Gasteiger charge is 2.20. The molecule has 4 rings (SSSR count). The van der Waals surface area contributed by atoms with Gasteiger partial charge >= 0.3 is 5.97 Å². The molecular weight excluding hydrogens is 375 g/mol. The number of hydrogen-bond donors (Lipinski definition) is 0. The zero-order chi connectivity index (χ0) is 20.4. The SMILES string of the molecule is Cc1ccnn1-c1ccc(C(=O)O[C@H](C)c2nnc(-c3ccc(F)cc3)o2)cc1. The van der Waals surface area contributed by atoms with E-state index in [4.69, 9.17) is 9.15 Å². The Bertz CT molecular complexity index is 1130. The molecule has 2 heterocycles. The number of nitrogens with zero attached hydrogens (tertiary/aromatic N) is 4. The molecule has 4 aromatic rings. The van der Waals surface area contributed by atoms with Crippen LogP contribution in [0.2, 0.25) is 0 Å². The molecule has 0 aliphatic carbocycles. The summed E-state index contributed by atoms with van der Waals surface area (Å²) in [6.07, 6.45) is 0.973. The van der Waals surface area contributed by atoms with Crippen molar-refractivity contribution in [2.75, 3.05) is 0 Å². The van der Waals surface area contributed by atoms with Crippen molar-refractivity contribution in [1.82, 2.24) is 20.0 Å². The summed E-state index contributed by atoms with van der Waals surface area (Å²) >= 11 is 0. The monoisotopic (exact) mass is 392 g/mol. The molecular formula is C21H17FN4O3. The Balaban J connectivity index is 1.44. The standard InChI is InChI=1S/C21H17FN4O3/c1-13-11-12-23-26(13)18-9-5-16(6-10-18)21(27)28-14(2)19-24-25-20(29-19)15-3-7-17(22)8-4-15/h3-12,14H,1-2H3/t14-/m1/s1. The van der Waals surface area contributed by atoms with Crippen molar-refractivity contribution < 1.29 is 18.3 Å². The van der Waals surface area contributed by atoms with Crippen LogP contribution in [0.4, 0.5) is 4.39 Å². The van der Waals surface area contributed by atoms with Gasteiger partial charge in [0.25, 0.3) is 5.89 Å². The second-order valence-electron chi connectivity index (χ2n) is 6.43. The van der Waals surface area contributed by atoms with Crippen molar-refractivity contribution in [3.8, 4) is 17.1 Å². The Kier molecular flexibility index (Phi) is 4.90. The van der Waals surface area contributed by atoms with Gasteiger partial charge in [-0.25, -0.2) is 13.9 Å². The fourth-order valence-corrected chi connectivity index (χ4v) is 2.77. The molecule has 0 radical (unpaired) electrons. The summed E-state index contributed by atoms with van der Waals surface area (Å²) in [6.45, 7) is 3.59. The Morgan fingerprint density at radius 1 is 1.07 bits per heavy atom. The lowest BCUT2D eigenvalue weighted by Crippen LogP contribution is -2.10. The normalized spacial score (nSPS) is 12.0. The Labute approximate surface area is 165 Å². The van der Waals surface area contributed by atoms with Crippen molar-refractivity contribution in [1.29, 1.82) is 0 Å². The molecule has 29 heavy (non-hydrogen) atoms. The van der Waals surface area contributed by atoms with Gasteiger partial charge in [0.15, 0.2) is 6.10 Å². The number of aromatic nitrogens is 4. The van der Waals surface area contributed by atoms with Gasteiger partial charge in [-0.05, 0) is 68.4 Å². The molecule has 0 aliphatic rings. The lowest BCUT2D eigenvalue weighted by Gasteiger charge is -2.10. The Morgan fingerprint density at radius 3 is 2.45 bits per heavy atom. The fraction of sp³-hybridized carbons (Fsp3) is 0.143. The van der Waals surface area contributed by atoms with E-state index < -0.39 is 12.1 Å². The number of aryl methyl sites for hydroxylation is 1. The molecule has 0 aliphatic heterocycles. The average molecular weight is 392 g/mol. The van der Waals surface area contributed by atoms with Crippen LogP contribution in [-0.4, -0.2) is 25.9 Å². The lowest BCUT2D eigenvalue weighted by molar-refractivity contribution is 0.0280. The summed E-state index contributed by atoms with van der Waals surface area (Å²) in [6, 6.07) is 14.5. The average Bonchev–Trinajstić information content (AvgIpc) is 3.38. The van der Waals surface area contributed by atoms with E-state index in [1.165, 1.54) is 24.3 Å². The zero-order valence-electron chi connectivity index (χ0n) is 15.7. The second-order valence-corrected chi connectivity index (χ2v) is 6.43. The number of rotatable bonds is 5. The number of halogens is 1. The van der Waals surface area contributed by atoms with E-state index in [1.54, 1.807) is 42.1 Å². The van der Waals surface area contributed by atoms with Crippen LogP contribution >= 0.6 is 0 Å². The van der Waals surface area contributed by atoms with Gasteiger partial charge in [-0.3, -0.25) is 0 Å². The summed E-state index contributed by atoms with van der Waals surface area (Å²) in [5.74, 6) is -0.490. The van der Waals surface area contributed by atoms with Gasteiger partial charge < -0.3 is 9.15 Å². The molecule has 0 spiro atoms. The third-order valence-corrected chi connectivity index (χ3v) is 4.34. The van der Waals surface area contributed by atoms with Crippen molar-refractivity contribution in [3.05, 3.63) is 83.8 Å². The first kappa shape index (κ1) is 18.5. The molecule has 1 atom stereocenters. The first-order valence-electron chi connectivity index (χ1n) is 8.92. The topological polar surface area (TPSA) is 83.0 Å². The third kappa shape index (κ3) is 3.91. The molecule has 2 aromatic carbocycles. The summed E-state index contributed by atoms with van der Waals surface area (Å²) < 4.78 is 25.8. The molecule has 7 nitrogen and oxygen atoms in total. The number of carbonyl (C=O) groups is 1. The molecule has 0 amide bonds. The fourth-order valence-electron chi connectivity index (χ4n) is 2.77. The summed E-state index contributed by atoms with van der Waals surface area (Å²) in [4.78, 5) is 12.4.